The van der Waals surface area contributed by atoms with Crippen molar-refractivity contribution in [2.24, 2.45) is 0 Å². The summed E-state index contributed by atoms with van der Waals surface area (Å²) in [7, 11) is 1.31. The predicted molar refractivity (Wildman–Crippen MR) is 86.7 cm³/mol. The molecule has 3 atom stereocenters. The molecule has 1 aliphatic heterocycles. The second kappa shape index (κ2) is 8.43. The Labute approximate surface area is 145 Å². The summed E-state index contributed by atoms with van der Waals surface area (Å²) >= 11 is 0. The molecule has 0 aliphatic carbocycles. The number of esters is 3. The zero-order valence-electron chi connectivity index (χ0n) is 14.3. The van der Waals surface area contributed by atoms with E-state index >= 15 is 0 Å². The van der Waals surface area contributed by atoms with E-state index in [2.05, 4.69) is 0 Å². The average molecular weight is 348 g/mol. The molecule has 1 aromatic rings. The van der Waals surface area contributed by atoms with Crippen LogP contribution in [0.4, 0.5) is 0 Å². The van der Waals surface area contributed by atoms with E-state index in [1.54, 1.807) is 36.4 Å². The molecule has 0 amide bonds. The number of carbonyl (C=O) groups is 3. The number of methoxy groups -OCH3 is 1. The van der Waals surface area contributed by atoms with Gasteiger partial charge in [0.2, 0.25) is 0 Å². The van der Waals surface area contributed by atoms with Crippen molar-refractivity contribution >= 4 is 17.9 Å². The summed E-state index contributed by atoms with van der Waals surface area (Å²) < 4.78 is 20.8. The molecular formula is C18H20O7. The summed E-state index contributed by atoms with van der Waals surface area (Å²) in [4.78, 5) is 34.0. The van der Waals surface area contributed by atoms with Crippen molar-refractivity contribution in [3.8, 4) is 0 Å². The van der Waals surface area contributed by atoms with E-state index in [9.17, 15) is 14.4 Å². The molecule has 134 valence electrons. The summed E-state index contributed by atoms with van der Waals surface area (Å²) in [6, 6.07) is 6.82. The SMILES string of the molecule is COC(=O)c1cccc(C2C=CC(OC(C)=O)C(COC(C)=O)O2)c1. The molecule has 0 N–H and O–H groups in total. The van der Waals surface area contributed by atoms with Crippen LogP contribution in [0.15, 0.2) is 36.4 Å². The van der Waals surface area contributed by atoms with Gasteiger partial charge in [-0.05, 0) is 23.8 Å². The van der Waals surface area contributed by atoms with Gasteiger partial charge in [0.15, 0.2) is 0 Å². The van der Waals surface area contributed by atoms with Crippen LogP contribution in [0.25, 0.3) is 0 Å². The molecule has 0 bridgehead atoms. The van der Waals surface area contributed by atoms with E-state index in [4.69, 9.17) is 18.9 Å². The number of hydrogen-bond donors (Lipinski definition) is 0. The monoisotopic (exact) mass is 348 g/mol. The average Bonchev–Trinajstić information content (AvgIpc) is 2.59. The van der Waals surface area contributed by atoms with E-state index in [0.29, 0.717) is 5.56 Å². The lowest BCUT2D eigenvalue weighted by Crippen LogP contribution is -2.39. The van der Waals surface area contributed by atoms with Gasteiger partial charge in [-0.3, -0.25) is 9.59 Å². The first-order valence-electron chi connectivity index (χ1n) is 7.73. The Hall–Kier alpha value is -2.67. The Balaban J connectivity index is 2.20. The molecule has 0 radical (unpaired) electrons. The minimum Gasteiger partial charge on any atom is -0.465 e. The Morgan fingerprint density at radius 2 is 1.88 bits per heavy atom. The van der Waals surface area contributed by atoms with Crippen LogP contribution in [0.3, 0.4) is 0 Å². The molecule has 0 saturated heterocycles. The van der Waals surface area contributed by atoms with E-state index in [0.717, 1.165) is 5.56 Å². The number of benzene rings is 1. The fourth-order valence-corrected chi connectivity index (χ4v) is 2.44. The lowest BCUT2D eigenvalue weighted by atomic mass is 10.0. The minimum atomic E-state index is -0.656. The van der Waals surface area contributed by atoms with E-state index in [-0.39, 0.29) is 6.61 Å². The third-order valence-corrected chi connectivity index (χ3v) is 3.55. The Morgan fingerprint density at radius 1 is 1.12 bits per heavy atom. The van der Waals surface area contributed by atoms with Gasteiger partial charge in [-0.1, -0.05) is 18.2 Å². The second-order valence-corrected chi connectivity index (χ2v) is 5.47. The topological polar surface area (TPSA) is 88.1 Å². The fourth-order valence-electron chi connectivity index (χ4n) is 2.44. The van der Waals surface area contributed by atoms with Crippen molar-refractivity contribution in [1.29, 1.82) is 0 Å². The van der Waals surface area contributed by atoms with Crippen molar-refractivity contribution < 1.29 is 33.3 Å². The molecule has 25 heavy (non-hydrogen) atoms. The minimum absolute atomic E-state index is 0.0508. The molecule has 0 saturated carbocycles. The normalized spacial score (nSPS) is 22.1. The first-order valence-corrected chi connectivity index (χ1v) is 7.73. The van der Waals surface area contributed by atoms with Crippen molar-refractivity contribution in [2.45, 2.75) is 32.2 Å². The highest BCUT2D eigenvalue weighted by Gasteiger charge is 2.31. The highest BCUT2D eigenvalue weighted by Crippen LogP contribution is 2.28. The van der Waals surface area contributed by atoms with Gasteiger partial charge >= 0.3 is 17.9 Å². The molecule has 0 fully saturated rings. The Bertz CT molecular complexity index is 680. The molecule has 3 unspecified atom stereocenters. The van der Waals surface area contributed by atoms with Crippen molar-refractivity contribution in [3.05, 3.63) is 47.5 Å². The van der Waals surface area contributed by atoms with Crippen LogP contribution in [-0.2, 0) is 28.5 Å². The van der Waals surface area contributed by atoms with Gasteiger partial charge in [0, 0.05) is 13.8 Å². The predicted octanol–water partition coefficient (Wildman–Crippen LogP) is 1.96. The van der Waals surface area contributed by atoms with Crippen LogP contribution in [0.2, 0.25) is 0 Å². The second-order valence-electron chi connectivity index (χ2n) is 5.47. The van der Waals surface area contributed by atoms with Gasteiger partial charge < -0.3 is 18.9 Å². The zero-order valence-corrected chi connectivity index (χ0v) is 14.3. The lowest BCUT2D eigenvalue weighted by Gasteiger charge is -2.31. The molecule has 7 heteroatoms. The van der Waals surface area contributed by atoms with Crippen LogP contribution in [0.5, 0.6) is 0 Å². The van der Waals surface area contributed by atoms with Crippen molar-refractivity contribution in [2.75, 3.05) is 13.7 Å². The maximum absolute atomic E-state index is 11.7. The van der Waals surface area contributed by atoms with Crippen LogP contribution in [0, 0.1) is 0 Å². The summed E-state index contributed by atoms with van der Waals surface area (Å²) in [6.07, 6.45) is 1.64. The first-order chi connectivity index (χ1) is 11.9. The summed E-state index contributed by atoms with van der Waals surface area (Å²) in [5, 5.41) is 0. The molecule has 1 heterocycles. The molecule has 1 aromatic carbocycles. The molecule has 0 spiro atoms. The summed E-state index contributed by atoms with van der Waals surface area (Å²) in [5.41, 5.74) is 1.13. The van der Waals surface area contributed by atoms with Gasteiger partial charge in [0.25, 0.3) is 0 Å². The van der Waals surface area contributed by atoms with Gasteiger partial charge in [-0.2, -0.15) is 0 Å². The summed E-state index contributed by atoms with van der Waals surface area (Å²) in [5.74, 6) is -1.36. The van der Waals surface area contributed by atoms with Gasteiger partial charge in [0.05, 0.1) is 12.7 Å². The van der Waals surface area contributed by atoms with Gasteiger partial charge in [0.1, 0.15) is 24.9 Å². The van der Waals surface area contributed by atoms with Gasteiger partial charge in [-0.25, -0.2) is 4.79 Å². The van der Waals surface area contributed by atoms with Crippen LogP contribution < -0.4 is 0 Å². The molecule has 0 aromatic heterocycles. The number of carbonyl (C=O) groups excluding carboxylic acids is 3. The highest BCUT2D eigenvalue weighted by atomic mass is 16.6. The van der Waals surface area contributed by atoms with Crippen molar-refractivity contribution in [3.63, 3.8) is 0 Å². The maximum atomic E-state index is 11.7. The fraction of sp³-hybridized carbons (Fsp3) is 0.389. The lowest BCUT2D eigenvalue weighted by molar-refractivity contribution is -0.163. The highest BCUT2D eigenvalue weighted by molar-refractivity contribution is 5.89. The third-order valence-electron chi connectivity index (χ3n) is 3.55. The van der Waals surface area contributed by atoms with E-state index in [1.807, 2.05) is 0 Å². The maximum Gasteiger partial charge on any atom is 0.337 e. The number of ether oxygens (including phenoxy) is 4. The number of rotatable bonds is 5. The molecule has 7 nitrogen and oxygen atoms in total. The largest absolute Gasteiger partial charge is 0.465 e. The Morgan fingerprint density at radius 3 is 2.52 bits per heavy atom. The van der Waals surface area contributed by atoms with Gasteiger partial charge in [-0.15, -0.1) is 0 Å². The van der Waals surface area contributed by atoms with E-state index < -0.39 is 36.2 Å². The molecule has 1 aliphatic rings. The van der Waals surface area contributed by atoms with E-state index in [1.165, 1.54) is 21.0 Å². The first kappa shape index (κ1) is 18.7. The smallest absolute Gasteiger partial charge is 0.337 e. The standard InChI is InChI=1S/C18H20O7/c1-11(19)23-10-17-16(24-12(2)20)8-7-15(25-17)13-5-4-6-14(9-13)18(21)22-3/h4-9,15-17H,10H2,1-3H3. The zero-order chi connectivity index (χ0) is 18.4. The Kier molecular flexibility index (Phi) is 6.30. The van der Waals surface area contributed by atoms with Crippen LogP contribution in [0.1, 0.15) is 35.9 Å². The third kappa shape index (κ3) is 5.15. The van der Waals surface area contributed by atoms with Crippen molar-refractivity contribution in [1.82, 2.24) is 0 Å². The van der Waals surface area contributed by atoms with Crippen LogP contribution in [-0.4, -0.2) is 43.8 Å². The van der Waals surface area contributed by atoms with Crippen LogP contribution >= 0.6 is 0 Å². The molecule has 2 rings (SSSR count). The quantitative estimate of drug-likeness (QED) is 0.456. The number of hydrogen-bond acceptors (Lipinski definition) is 7. The molecular weight excluding hydrogens is 328 g/mol. The summed E-state index contributed by atoms with van der Waals surface area (Å²) in [6.45, 7) is 2.53.